The molecule has 0 saturated heterocycles. The minimum absolute atomic E-state index is 0.234. The van der Waals surface area contributed by atoms with Gasteiger partial charge in [0.25, 0.3) is 0 Å². The molecule has 0 unspecified atom stereocenters. The number of benzene rings is 2. The molecule has 0 fully saturated rings. The summed E-state index contributed by atoms with van der Waals surface area (Å²) in [6.45, 7) is 4.34. The number of ether oxygens (including phenoxy) is 1. The summed E-state index contributed by atoms with van der Waals surface area (Å²) in [5, 5.41) is 0. The number of ketones is 1. The maximum atomic E-state index is 12.1. The van der Waals surface area contributed by atoms with E-state index < -0.39 is 0 Å². The fraction of sp³-hybridized carbons (Fsp3) is 0.316. The zero-order chi connectivity index (χ0) is 15.2. The molecule has 0 bridgehead atoms. The number of hydrogen-bond donors (Lipinski definition) is 0. The summed E-state index contributed by atoms with van der Waals surface area (Å²) in [7, 11) is 1.64. The lowest BCUT2D eigenvalue weighted by atomic mass is 9.98. The topological polar surface area (TPSA) is 26.3 Å². The highest BCUT2D eigenvalue weighted by molar-refractivity contribution is 5.83. The molecule has 0 atom stereocenters. The second-order valence-electron chi connectivity index (χ2n) is 5.64. The first-order chi connectivity index (χ1) is 10.1. The van der Waals surface area contributed by atoms with Gasteiger partial charge in [-0.25, -0.2) is 0 Å². The van der Waals surface area contributed by atoms with Gasteiger partial charge in [-0.2, -0.15) is 0 Å². The van der Waals surface area contributed by atoms with Crippen molar-refractivity contribution < 1.29 is 9.53 Å². The molecular weight excluding hydrogens is 260 g/mol. The summed E-state index contributed by atoms with van der Waals surface area (Å²) in [6.07, 6.45) is 0.959. The van der Waals surface area contributed by atoms with E-state index in [9.17, 15) is 4.79 Å². The van der Waals surface area contributed by atoms with E-state index in [0.29, 0.717) is 18.8 Å². The zero-order valence-corrected chi connectivity index (χ0v) is 12.9. The molecule has 0 aromatic heterocycles. The van der Waals surface area contributed by atoms with Crippen molar-refractivity contribution in [2.24, 2.45) is 0 Å². The van der Waals surface area contributed by atoms with Crippen molar-refractivity contribution in [3.05, 3.63) is 65.2 Å². The van der Waals surface area contributed by atoms with Gasteiger partial charge < -0.3 is 4.74 Å². The molecule has 0 spiro atoms. The number of Topliss-reactive ketones (excluding diaryl/α,β-unsaturated/α-hetero) is 1. The predicted octanol–water partition coefficient (Wildman–Crippen LogP) is 4.17. The summed E-state index contributed by atoms with van der Waals surface area (Å²) in [6, 6.07) is 16.0. The summed E-state index contributed by atoms with van der Waals surface area (Å²) in [5.41, 5.74) is 3.42. The van der Waals surface area contributed by atoms with Crippen LogP contribution >= 0.6 is 0 Å². The fourth-order valence-corrected chi connectivity index (χ4v) is 2.28. The van der Waals surface area contributed by atoms with Crippen LogP contribution in [-0.2, 0) is 17.6 Å². The summed E-state index contributed by atoms with van der Waals surface area (Å²) in [5.74, 6) is 1.57. The third-order valence-corrected chi connectivity index (χ3v) is 3.61. The van der Waals surface area contributed by atoms with Gasteiger partial charge in [-0.1, -0.05) is 50.2 Å². The van der Waals surface area contributed by atoms with E-state index in [1.165, 1.54) is 5.56 Å². The molecule has 21 heavy (non-hydrogen) atoms. The first kappa shape index (κ1) is 15.3. The second kappa shape index (κ2) is 7.07. The Morgan fingerprint density at radius 3 is 1.81 bits per heavy atom. The van der Waals surface area contributed by atoms with Crippen LogP contribution in [0.2, 0.25) is 0 Å². The van der Waals surface area contributed by atoms with Crippen LogP contribution in [0.3, 0.4) is 0 Å². The summed E-state index contributed by atoms with van der Waals surface area (Å²) in [4.78, 5) is 12.1. The van der Waals surface area contributed by atoms with Crippen LogP contribution < -0.4 is 4.74 Å². The van der Waals surface area contributed by atoms with Crippen molar-refractivity contribution in [1.82, 2.24) is 0 Å². The quantitative estimate of drug-likeness (QED) is 0.794. The van der Waals surface area contributed by atoms with E-state index in [2.05, 4.69) is 38.1 Å². The van der Waals surface area contributed by atoms with Crippen molar-refractivity contribution in [1.29, 1.82) is 0 Å². The minimum atomic E-state index is 0.234. The largest absolute Gasteiger partial charge is 0.497 e. The van der Waals surface area contributed by atoms with Gasteiger partial charge in [0.05, 0.1) is 7.11 Å². The van der Waals surface area contributed by atoms with Crippen molar-refractivity contribution in [3.63, 3.8) is 0 Å². The van der Waals surface area contributed by atoms with Crippen LogP contribution in [0, 0.1) is 0 Å². The van der Waals surface area contributed by atoms with Crippen molar-refractivity contribution in [2.75, 3.05) is 7.11 Å². The first-order valence-corrected chi connectivity index (χ1v) is 7.32. The van der Waals surface area contributed by atoms with Gasteiger partial charge in [0, 0.05) is 12.8 Å². The maximum absolute atomic E-state index is 12.1. The van der Waals surface area contributed by atoms with Gasteiger partial charge in [-0.15, -0.1) is 0 Å². The molecule has 2 aromatic carbocycles. The van der Waals surface area contributed by atoms with Crippen molar-refractivity contribution in [3.8, 4) is 5.75 Å². The molecule has 2 nitrogen and oxygen atoms in total. The lowest BCUT2D eigenvalue weighted by Gasteiger charge is -2.07. The van der Waals surface area contributed by atoms with E-state index >= 15 is 0 Å². The second-order valence-corrected chi connectivity index (χ2v) is 5.64. The average Bonchev–Trinajstić information content (AvgIpc) is 2.48. The monoisotopic (exact) mass is 282 g/mol. The molecule has 0 radical (unpaired) electrons. The van der Waals surface area contributed by atoms with Crippen LogP contribution in [0.1, 0.15) is 36.5 Å². The number of carbonyl (C=O) groups excluding carboxylic acids is 1. The molecule has 0 heterocycles. The standard InChI is InChI=1S/C19H22O2/c1-14(2)17-8-4-15(5-9-17)12-18(20)13-16-6-10-19(21-3)11-7-16/h4-11,14H,12-13H2,1-3H3. The highest BCUT2D eigenvalue weighted by Crippen LogP contribution is 2.16. The van der Waals surface area contributed by atoms with Crippen LogP contribution in [0.4, 0.5) is 0 Å². The highest BCUT2D eigenvalue weighted by atomic mass is 16.5. The Balaban J connectivity index is 1.94. The Morgan fingerprint density at radius 1 is 0.905 bits per heavy atom. The van der Waals surface area contributed by atoms with Gasteiger partial charge in [0.1, 0.15) is 11.5 Å². The molecule has 0 N–H and O–H groups in total. The molecule has 110 valence electrons. The Kier molecular flexibility index (Phi) is 5.15. The van der Waals surface area contributed by atoms with Crippen LogP contribution in [0.15, 0.2) is 48.5 Å². The third-order valence-electron chi connectivity index (χ3n) is 3.61. The van der Waals surface area contributed by atoms with E-state index in [4.69, 9.17) is 4.74 Å². The van der Waals surface area contributed by atoms with Crippen LogP contribution in [0.25, 0.3) is 0 Å². The maximum Gasteiger partial charge on any atom is 0.141 e. The van der Waals surface area contributed by atoms with Gasteiger partial charge >= 0.3 is 0 Å². The average molecular weight is 282 g/mol. The number of rotatable bonds is 6. The molecule has 2 heteroatoms. The van der Waals surface area contributed by atoms with E-state index in [1.54, 1.807) is 7.11 Å². The Labute approximate surface area is 126 Å². The summed E-state index contributed by atoms with van der Waals surface area (Å²) >= 11 is 0. The first-order valence-electron chi connectivity index (χ1n) is 7.32. The van der Waals surface area contributed by atoms with Gasteiger partial charge in [-0.05, 0) is 34.7 Å². The normalized spacial score (nSPS) is 10.7. The van der Waals surface area contributed by atoms with Gasteiger partial charge in [0.2, 0.25) is 0 Å². The molecule has 0 aliphatic heterocycles. The summed E-state index contributed by atoms with van der Waals surface area (Å²) < 4.78 is 5.12. The Hall–Kier alpha value is -2.09. The fourth-order valence-electron chi connectivity index (χ4n) is 2.28. The molecule has 0 aliphatic rings. The SMILES string of the molecule is COc1ccc(CC(=O)Cc2ccc(C(C)C)cc2)cc1. The Morgan fingerprint density at radius 2 is 1.38 bits per heavy atom. The van der Waals surface area contributed by atoms with Gasteiger partial charge in [0.15, 0.2) is 0 Å². The van der Waals surface area contributed by atoms with Crippen LogP contribution in [0.5, 0.6) is 5.75 Å². The van der Waals surface area contributed by atoms with E-state index in [-0.39, 0.29) is 5.78 Å². The lowest BCUT2D eigenvalue weighted by molar-refractivity contribution is -0.117. The van der Waals surface area contributed by atoms with Crippen molar-refractivity contribution >= 4 is 5.78 Å². The third kappa shape index (κ3) is 4.45. The predicted molar refractivity (Wildman–Crippen MR) is 85.9 cm³/mol. The van der Waals surface area contributed by atoms with Gasteiger partial charge in [-0.3, -0.25) is 4.79 Å². The van der Waals surface area contributed by atoms with Crippen LogP contribution in [-0.4, -0.2) is 12.9 Å². The molecule has 2 aromatic rings. The zero-order valence-electron chi connectivity index (χ0n) is 12.9. The number of hydrogen-bond acceptors (Lipinski definition) is 2. The molecule has 0 amide bonds. The Bertz CT molecular complexity index is 580. The van der Waals surface area contributed by atoms with E-state index in [1.807, 2.05) is 24.3 Å². The number of methoxy groups -OCH3 is 1. The van der Waals surface area contributed by atoms with E-state index in [0.717, 1.165) is 16.9 Å². The highest BCUT2D eigenvalue weighted by Gasteiger charge is 2.06. The number of carbonyl (C=O) groups is 1. The lowest BCUT2D eigenvalue weighted by Crippen LogP contribution is -2.06. The smallest absolute Gasteiger partial charge is 0.141 e. The molecule has 2 rings (SSSR count). The minimum Gasteiger partial charge on any atom is -0.497 e. The van der Waals surface area contributed by atoms with Crippen molar-refractivity contribution in [2.45, 2.75) is 32.6 Å². The molecule has 0 saturated carbocycles. The molecular formula is C19H22O2. The molecule has 0 aliphatic carbocycles.